The Balaban J connectivity index is 1.73. The molecule has 1 amide bonds. The smallest absolute Gasteiger partial charge is 0.263 e. The number of amides is 1. The molecule has 0 aliphatic heterocycles. The normalized spacial score (nSPS) is 12.2. The highest BCUT2D eigenvalue weighted by Crippen LogP contribution is 2.28. The molecule has 0 radical (unpaired) electrons. The second-order valence-electron chi connectivity index (χ2n) is 7.11. The van der Waals surface area contributed by atoms with E-state index in [0.29, 0.717) is 15.8 Å². The molecule has 6 heteroatoms. The van der Waals surface area contributed by atoms with E-state index < -0.39 is 0 Å². The van der Waals surface area contributed by atoms with E-state index in [1.807, 2.05) is 49.4 Å². The molecule has 3 aromatic rings. The standard InChI is InChI=1S/C22H24ClN3OS/c1-14(2)19(12-11-18-10-9-17(23)13-24-18)26-22(27)21-20(25-15(3)28-21)16-7-5-4-6-8-16/h4-10,13-14,19H,11-12H2,1-3H3,(H,26,27)/t19-/m1/s1. The third-order valence-electron chi connectivity index (χ3n) is 4.61. The van der Waals surface area contributed by atoms with Gasteiger partial charge in [-0.05, 0) is 37.8 Å². The zero-order valence-corrected chi connectivity index (χ0v) is 17.8. The van der Waals surface area contributed by atoms with Crippen LogP contribution in [0.5, 0.6) is 0 Å². The van der Waals surface area contributed by atoms with Gasteiger partial charge in [0, 0.05) is 23.5 Å². The second kappa shape index (κ2) is 9.30. The molecule has 28 heavy (non-hydrogen) atoms. The van der Waals surface area contributed by atoms with E-state index in [1.165, 1.54) is 11.3 Å². The molecule has 2 aromatic heterocycles. The Morgan fingerprint density at radius 2 is 1.93 bits per heavy atom. The second-order valence-corrected chi connectivity index (χ2v) is 8.75. The minimum absolute atomic E-state index is 0.0519. The highest BCUT2D eigenvalue weighted by molar-refractivity contribution is 7.14. The van der Waals surface area contributed by atoms with Crippen LogP contribution in [0.3, 0.4) is 0 Å². The van der Waals surface area contributed by atoms with Crippen LogP contribution < -0.4 is 5.32 Å². The fraction of sp³-hybridized carbons (Fsp3) is 0.318. The summed E-state index contributed by atoms with van der Waals surface area (Å²) >= 11 is 7.34. The van der Waals surface area contributed by atoms with Crippen LogP contribution in [0.4, 0.5) is 0 Å². The largest absolute Gasteiger partial charge is 0.348 e. The first-order valence-corrected chi connectivity index (χ1v) is 10.6. The Morgan fingerprint density at radius 3 is 2.57 bits per heavy atom. The predicted molar refractivity (Wildman–Crippen MR) is 116 cm³/mol. The van der Waals surface area contributed by atoms with E-state index in [0.717, 1.165) is 34.8 Å². The van der Waals surface area contributed by atoms with Gasteiger partial charge >= 0.3 is 0 Å². The Bertz CT molecular complexity index is 923. The van der Waals surface area contributed by atoms with Crippen LogP contribution >= 0.6 is 22.9 Å². The van der Waals surface area contributed by atoms with Crippen LogP contribution in [0.15, 0.2) is 48.7 Å². The molecule has 0 fully saturated rings. The van der Waals surface area contributed by atoms with Crippen molar-refractivity contribution in [2.24, 2.45) is 5.92 Å². The van der Waals surface area contributed by atoms with Gasteiger partial charge < -0.3 is 5.32 Å². The maximum absolute atomic E-state index is 13.0. The van der Waals surface area contributed by atoms with Crippen molar-refractivity contribution in [2.75, 3.05) is 0 Å². The first-order valence-electron chi connectivity index (χ1n) is 9.38. The molecule has 0 saturated heterocycles. The maximum Gasteiger partial charge on any atom is 0.263 e. The number of rotatable bonds is 7. The number of aromatic nitrogens is 2. The molecule has 4 nitrogen and oxygen atoms in total. The molecule has 1 aromatic carbocycles. The number of carbonyl (C=O) groups excluding carboxylic acids is 1. The van der Waals surface area contributed by atoms with Crippen molar-refractivity contribution in [1.82, 2.24) is 15.3 Å². The van der Waals surface area contributed by atoms with Crippen molar-refractivity contribution in [3.8, 4) is 11.3 Å². The highest BCUT2D eigenvalue weighted by atomic mass is 35.5. The van der Waals surface area contributed by atoms with Crippen molar-refractivity contribution in [2.45, 2.75) is 39.7 Å². The summed E-state index contributed by atoms with van der Waals surface area (Å²) in [5.41, 5.74) is 2.69. The van der Waals surface area contributed by atoms with E-state index >= 15 is 0 Å². The predicted octanol–water partition coefficient (Wildman–Crippen LogP) is 5.55. The van der Waals surface area contributed by atoms with Gasteiger partial charge in [-0.3, -0.25) is 9.78 Å². The average molecular weight is 414 g/mol. The highest BCUT2D eigenvalue weighted by Gasteiger charge is 2.22. The molecule has 3 rings (SSSR count). The minimum Gasteiger partial charge on any atom is -0.348 e. The van der Waals surface area contributed by atoms with Gasteiger partial charge in [0.05, 0.1) is 15.7 Å². The lowest BCUT2D eigenvalue weighted by molar-refractivity contribution is 0.0928. The van der Waals surface area contributed by atoms with Gasteiger partial charge in [0.25, 0.3) is 5.91 Å². The molecule has 0 spiro atoms. The topological polar surface area (TPSA) is 54.9 Å². The SMILES string of the molecule is Cc1nc(-c2ccccc2)c(C(=O)N[C@H](CCc2ccc(Cl)cn2)C(C)C)s1. The summed E-state index contributed by atoms with van der Waals surface area (Å²) in [5, 5.41) is 4.73. The summed E-state index contributed by atoms with van der Waals surface area (Å²) in [6.07, 6.45) is 3.26. The van der Waals surface area contributed by atoms with Gasteiger partial charge in [-0.25, -0.2) is 4.98 Å². The molecule has 0 unspecified atom stereocenters. The van der Waals surface area contributed by atoms with E-state index in [4.69, 9.17) is 11.6 Å². The molecule has 0 aliphatic rings. The number of carbonyl (C=O) groups is 1. The van der Waals surface area contributed by atoms with Crippen LogP contribution in [-0.2, 0) is 6.42 Å². The van der Waals surface area contributed by atoms with E-state index in [-0.39, 0.29) is 11.9 Å². The summed E-state index contributed by atoms with van der Waals surface area (Å²) in [7, 11) is 0. The summed E-state index contributed by atoms with van der Waals surface area (Å²) in [6, 6.07) is 13.7. The number of nitrogens with zero attached hydrogens (tertiary/aromatic N) is 2. The van der Waals surface area contributed by atoms with Crippen molar-refractivity contribution >= 4 is 28.8 Å². The Hall–Kier alpha value is -2.24. The lowest BCUT2D eigenvalue weighted by Crippen LogP contribution is -2.38. The molecule has 0 aliphatic carbocycles. The van der Waals surface area contributed by atoms with Crippen LogP contribution in [0, 0.1) is 12.8 Å². The lowest BCUT2D eigenvalue weighted by Gasteiger charge is -2.22. The number of hydrogen-bond acceptors (Lipinski definition) is 4. The number of nitrogens with one attached hydrogen (secondary N) is 1. The minimum atomic E-state index is -0.0628. The van der Waals surface area contributed by atoms with Gasteiger partial charge in [0.15, 0.2) is 0 Å². The van der Waals surface area contributed by atoms with Crippen molar-refractivity contribution in [3.05, 3.63) is 69.3 Å². The monoisotopic (exact) mass is 413 g/mol. The van der Waals surface area contributed by atoms with Crippen molar-refractivity contribution in [1.29, 1.82) is 0 Å². The molecule has 1 N–H and O–H groups in total. The molecule has 1 atom stereocenters. The number of aryl methyl sites for hydroxylation is 2. The van der Waals surface area contributed by atoms with Gasteiger partial charge in [-0.1, -0.05) is 55.8 Å². The van der Waals surface area contributed by atoms with E-state index in [9.17, 15) is 4.79 Å². The summed E-state index contributed by atoms with van der Waals surface area (Å²) in [5.74, 6) is 0.248. The first-order chi connectivity index (χ1) is 13.4. The van der Waals surface area contributed by atoms with Gasteiger partial charge in [-0.15, -0.1) is 11.3 Å². The van der Waals surface area contributed by atoms with Gasteiger partial charge in [-0.2, -0.15) is 0 Å². The van der Waals surface area contributed by atoms with Crippen LogP contribution in [-0.4, -0.2) is 21.9 Å². The van der Waals surface area contributed by atoms with Crippen molar-refractivity contribution < 1.29 is 4.79 Å². The van der Waals surface area contributed by atoms with Crippen LogP contribution in [0.1, 0.15) is 40.6 Å². The fourth-order valence-corrected chi connectivity index (χ4v) is 3.99. The van der Waals surface area contributed by atoms with Crippen LogP contribution in [0.25, 0.3) is 11.3 Å². The van der Waals surface area contributed by atoms with E-state index in [2.05, 4.69) is 29.1 Å². The molecule has 146 valence electrons. The lowest BCUT2D eigenvalue weighted by atomic mass is 9.98. The Kier molecular flexibility index (Phi) is 6.81. The number of benzene rings is 1. The number of hydrogen-bond donors (Lipinski definition) is 1. The number of halogens is 1. The molecular weight excluding hydrogens is 390 g/mol. The number of thiazole rings is 1. The molecular formula is C22H24ClN3OS. The zero-order chi connectivity index (χ0) is 20.1. The first kappa shape index (κ1) is 20.5. The average Bonchev–Trinajstić information content (AvgIpc) is 3.08. The Morgan fingerprint density at radius 1 is 1.18 bits per heavy atom. The summed E-state index contributed by atoms with van der Waals surface area (Å²) in [4.78, 5) is 22.7. The maximum atomic E-state index is 13.0. The zero-order valence-electron chi connectivity index (χ0n) is 16.3. The molecule has 0 saturated carbocycles. The molecule has 2 heterocycles. The van der Waals surface area contributed by atoms with Gasteiger partial charge in [0.2, 0.25) is 0 Å². The fourth-order valence-electron chi connectivity index (χ4n) is 3.04. The molecule has 0 bridgehead atoms. The summed E-state index contributed by atoms with van der Waals surface area (Å²) < 4.78 is 0. The van der Waals surface area contributed by atoms with Crippen molar-refractivity contribution in [3.63, 3.8) is 0 Å². The Labute approximate surface area is 175 Å². The van der Waals surface area contributed by atoms with E-state index in [1.54, 1.807) is 6.20 Å². The van der Waals surface area contributed by atoms with Gasteiger partial charge in [0.1, 0.15) is 4.88 Å². The summed E-state index contributed by atoms with van der Waals surface area (Å²) in [6.45, 7) is 6.17. The quantitative estimate of drug-likeness (QED) is 0.552. The third-order valence-corrected chi connectivity index (χ3v) is 5.80. The third kappa shape index (κ3) is 5.18. The number of pyridine rings is 1. The van der Waals surface area contributed by atoms with Crippen LogP contribution in [0.2, 0.25) is 5.02 Å².